The van der Waals surface area contributed by atoms with Crippen LogP contribution in [0.2, 0.25) is 0 Å². The van der Waals surface area contributed by atoms with Crippen molar-refractivity contribution in [3.05, 3.63) is 64.4 Å². The molecule has 1 heterocycles. The summed E-state index contributed by atoms with van der Waals surface area (Å²) in [6.45, 7) is 1.88. The molecule has 7 nitrogen and oxygen atoms in total. The highest BCUT2D eigenvalue weighted by Gasteiger charge is 2.16. The molecule has 140 valence electrons. The van der Waals surface area contributed by atoms with E-state index in [2.05, 4.69) is 10.4 Å². The van der Waals surface area contributed by atoms with Crippen molar-refractivity contribution in [3.8, 4) is 11.5 Å². The van der Waals surface area contributed by atoms with Gasteiger partial charge in [0.25, 0.3) is 0 Å². The Morgan fingerprint density at radius 1 is 1.19 bits per heavy atom. The summed E-state index contributed by atoms with van der Waals surface area (Å²) in [6, 6.07) is 12.3. The zero-order valence-electron chi connectivity index (χ0n) is 15.4. The Balaban J connectivity index is 1.79. The van der Waals surface area contributed by atoms with E-state index in [1.807, 2.05) is 25.1 Å². The summed E-state index contributed by atoms with van der Waals surface area (Å²) in [5.74, 6) is 1.09. The van der Waals surface area contributed by atoms with E-state index in [-0.39, 0.29) is 23.9 Å². The first-order valence-corrected chi connectivity index (χ1v) is 8.49. The van der Waals surface area contributed by atoms with Crippen molar-refractivity contribution in [1.82, 2.24) is 15.1 Å². The molecule has 1 atom stereocenters. The van der Waals surface area contributed by atoms with Crippen LogP contribution >= 0.6 is 0 Å². The van der Waals surface area contributed by atoms with Crippen LogP contribution in [0.5, 0.6) is 11.5 Å². The number of hydrogen-bond donors (Lipinski definition) is 1. The molecular formula is C20H21N3O4. The third-order valence-corrected chi connectivity index (χ3v) is 4.34. The quantitative estimate of drug-likeness (QED) is 0.723. The molecule has 0 radical (unpaired) electrons. The lowest BCUT2D eigenvalue weighted by atomic mass is 10.1. The number of benzene rings is 2. The van der Waals surface area contributed by atoms with Crippen LogP contribution in [0.4, 0.5) is 0 Å². The van der Waals surface area contributed by atoms with Gasteiger partial charge in [-0.15, -0.1) is 0 Å². The van der Waals surface area contributed by atoms with Gasteiger partial charge in [0.15, 0.2) is 0 Å². The third kappa shape index (κ3) is 3.92. The molecule has 1 amide bonds. The minimum absolute atomic E-state index is 0.00357. The minimum atomic E-state index is -0.274. The second-order valence-corrected chi connectivity index (χ2v) is 6.08. The fraction of sp³-hybridized carbons (Fsp3) is 0.250. The molecule has 3 aromatic rings. The summed E-state index contributed by atoms with van der Waals surface area (Å²) >= 11 is 0. The first-order chi connectivity index (χ1) is 13.0. The molecule has 2 aromatic carbocycles. The average molecular weight is 367 g/mol. The number of aromatic nitrogens is 2. The molecule has 27 heavy (non-hydrogen) atoms. The van der Waals surface area contributed by atoms with E-state index in [9.17, 15) is 9.59 Å². The lowest BCUT2D eigenvalue weighted by molar-refractivity contribution is -0.122. The van der Waals surface area contributed by atoms with Crippen molar-refractivity contribution < 1.29 is 14.3 Å². The van der Waals surface area contributed by atoms with Crippen LogP contribution in [-0.2, 0) is 11.3 Å². The second kappa shape index (κ2) is 7.90. The van der Waals surface area contributed by atoms with Crippen LogP contribution in [0.15, 0.2) is 53.5 Å². The largest absolute Gasteiger partial charge is 0.497 e. The number of rotatable bonds is 6. The summed E-state index contributed by atoms with van der Waals surface area (Å²) < 4.78 is 12.1. The monoisotopic (exact) mass is 367 g/mol. The lowest BCUT2D eigenvalue weighted by Crippen LogP contribution is -2.31. The van der Waals surface area contributed by atoms with Crippen LogP contribution in [0.1, 0.15) is 18.5 Å². The van der Waals surface area contributed by atoms with Crippen LogP contribution < -0.4 is 20.2 Å². The Morgan fingerprint density at radius 3 is 2.70 bits per heavy atom. The van der Waals surface area contributed by atoms with Crippen LogP contribution in [0.25, 0.3) is 10.9 Å². The number of amides is 1. The summed E-state index contributed by atoms with van der Waals surface area (Å²) in [7, 11) is 3.16. The number of nitrogens with zero attached hydrogens (tertiary/aromatic N) is 2. The molecule has 3 rings (SSSR count). The molecule has 0 spiro atoms. The average Bonchev–Trinajstić information content (AvgIpc) is 2.69. The predicted octanol–water partition coefficient (Wildman–Crippen LogP) is 2.29. The zero-order chi connectivity index (χ0) is 19.4. The Labute approximate surface area is 156 Å². The van der Waals surface area contributed by atoms with Crippen molar-refractivity contribution in [2.75, 3.05) is 14.2 Å². The van der Waals surface area contributed by atoms with Crippen molar-refractivity contribution in [1.29, 1.82) is 0 Å². The summed E-state index contributed by atoms with van der Waals surface area (Å²) in [4.78, 5) is 24.4. The molecule has 0 aliphatic carbocycles. The topological polar surface area (TPSA) is 82.5 Å². The number of para-hydroxylation sites is 1. The van der Waals surface area contributed by atoms with Gasteiger partial charge in [0.05, 0.1) is 32.0 Å². The number of carbonyl (C=O) groups is 1. The SMILES string of the molecule is COc1ccc(C(C)NC(=O)Cn2ncc(=O)c3ccccc32)c(OC)c1. The van der Waals surface area contributed by atoms with Gasteiger partial charge in [-0.2, -0.15) is 5.10 Å². The maximum Gasteiger partial charge on any atom is 0.242 e. The number of nitrogens with one attached hydrogen (secondary N) is 1. The molecule has 1 N–H and O–H groups in total. The highest BCUT2D eigenvalue weighted by Crippen LogP contribution is 2.29. The summed E-state index contributed by atoms with van der Waals surface area (Å²) in [6.07, 6.45) is 1.23. The fourth-order valence-corrected chi connectivity index (χ4v) is 2.96. The van der Waals surface area contributed by atoms with Gasteiger partial charge in [-0.05, 0) is 31.2 Å². The first-order valence-electron chi connectivity index (χ1n) is 8.49. The summed E-state index contributed by atoms with van der Waals surface area (Å²) in [5.41, 5.74) is 1.29. The molecule has 0 bridgehead atoms. The van der Waals surface area contributed by atoms with Gasteiger partial charge in [-0.3, -0.25) is 14.3 Å². The predicted molar refractivity (Wildman–Crippen MR) is 102 cm³/mol. The number of carbonyl (C=O) groups excluding carboxylic acids is 1. The maximum absolute atomic E-state index is 12.5. The van der Waals surface area contributed by atoms with E-state index in [1.165, 1.54) is 10.9 Å². The van der Waals surface area contributed by atoms with E-state index in [0.717, 1.165) is 5.56 Å². The normalized spacial score (nSPS) is 11.8. The second-order valence-electron chi connectivity index (χ2n) is 6.08. The van der Waals surface area contributed by atoms with Crippen molar-refractivity contribution in [2.24, 2.45) is 0 Å². The highest BCUT2D eigenvalue weighted by atomic mass is 16.5. The molecule has 0 aliphatic heterocycles. The van der Waals surface area contributed by atoms with Crippen LogP contribution in [-0.4, -0.2) is 29.9 Å². The number of methoxy groups -OCH3 is 2. The molecular weight excluding hydrogens is 346 g/mol. The van der Waals surface area contributed by atoms with Gasteiger partial charge in [0.1, 0.15) is 18.0 Å². The highest BCUT2D eigenvalue weighted by molar-refractivity contribution is 5.81. The Morgan fingerprint density at radius 2 is 1.96 bits per heavy atom. The van der Waals surface area contributed by atoms with Gasteiger partial charge >= 0.3 is 0 Å². The van der Waals surface area contributed by atoms with Crippen LogP contribution in [0.3, 0.4) is 0 Å². The third-order valence-electron chi connectivity index (χ3n) is 4.34. The molecule has 1 unspecified atom stereocenters. The summed E-state index contributed by atoms with van der Waals surface area (Å²) in [5, 5.41) is 7.55. The molecule has 7 heteroatoms. The van der Waals surface area contributed by atoms with Crippen molar-refractivity contribution in [2.45, 2.75) is 19.5 Å². The van der Waals surface area contributed by atoms with E-state index in [0.29, 0.717) is 22.4 Å². The van der Waals surface area contributed by atoms with Gasteiger partial charge in [0, 0.05) is 17.0 Å². The van der Waals surface area contributed by atoms with Gasteiger partial charge in [-0.25, -0.2) is 0 Å². The van der Waals surface area contributed by atoms with Gasteiger partial charge in [-0.1, -0.05) is 12.1 Å². The van der Waals surface area contributed by atoms with E-state index in [4.69, 9.17) is 9.47 Å². The Kier molecular flexibility index (Phi) is 5.40. The first kappa shape index (κ1) is 18.4. The lowest BCUT2D eigenvalue weighted by Gasteiger charge is -2.18. The Bertz CT molecular complexity index is 1030. The zero-order valence-corrected chi connectivity index (χ0v) is 15.4. The van der Waals surface area contributed by atoms with Crippen molar-refractivity contribution >= 4 is 16.8 Å². The van der Waals surface area contributed by atoms with E-state index >= 15 is 0 Å². The smallest absolute Gasteiger partial charge is 0.242 e. The fourth-order valence-electron chi connectivity index (χ4n) is 2.96. The van der Waals surface area contributed by atoms with E-state index in [1.54, 1.807) is 38.5 Å². The Hall–Kier alpha value is -3.35. The standard InChI is InChI=1S/C20H21N3O4/c1-13(15-9-8-14(26-2)10-19(15)27-3)22-20(25)12-23-17-7-5-4-6-16(17)18(24)11-21-23/h4-11,13H,12H2,1-3H3,(H,22,25). The number of hydrogen-bond acceptors (Lipinski definition) is 5. The maximum atomic E-state index is 12.5. The molecule has 0 saturated carbocycles. The number of fused-ring (bicyclic) bond motifs is 1. The van der Waals surface area contributed by atoms with Crippen LogP contribution in [0, 0.1) is 0 Å². The molecule has 1 aromatic heterocycles. The van der Waals surface area contributed by atoms with Gasteiger partial charge in [0.2, 0.25) is 11.3 Å². The van der Waals surface area contributed by atoms with Crippen molar-refractivity contribution in [3.63, 3.8) is 0 Å². The number of ether oxygens (including phenoxy) is 2. The minimum Gasteiger partial charge on any atom is -0.497 e. The van der Waals surface area contributed by atoms with E-state index < -0.39 is 0 Å². The van der Waals surface area contributed by atoms with Gasteiger partial charge < -0.3 is 14.8 Å². The molecule has 0 aliphatic rings. The molecule has 0 saturated heterocycles. The molecule has 0 fully saturated rings.